The zero-order valence-electron chi connectivity index (χ0n) is 8.32. The van der Waals surface area contributed by atoms with Crippen LogP contribution in [-0.4, -0.2) is 0 Å². The zero-order chi connectivity index (χ0) is 9.56. The summed E-state index contributed by atoms with van der Waals surface area (Å²) in [5.74, 6) is 0.617. The Kier molecular flexibility index (Phi) is 5.83. The molecule has 0 unspecified atom stereocenters. The minimum atomic E-state index is 0.617. The SMILES string of the molecule is CC.Cc1ccc(CCl)c(C)c1. The minimum absolute atomic E-state index is 0.617. The largest absolute Gasteiger partial charge is 0.122 e. The molecular formula is C11H17Cl. The molecule has 0 spiro atoms. The van der Waals surface area contributed by atoms with E-state index in [1.807, 2.05) is 13.8 Å². The van der Waals surface area contributed by atoms with Crippen molar-refractivity contribution in [1.29, 1.82) is 0 Å². The van der Waals surface area contributed by atoms with Gasteiger partial charge in [0, 0.05) is 5.88 Å². The van der Waals surface area contributed by atoms with Gasteiger partial charge in [0.05, 0.1) is 0 Å². The van der Waals surface area contributed by atoms with Crippen LogP contribution in [0.2, 0.25) is 0 Å². The molecule has 1 rings (SSSR count). The molecule has 0 saturated carbocycles. The van der Waals surface area contributed by atoms with Gasteiger partial charge < -0.3 is 0 Å². The maximum Gasteiger partial charge on any atom is 0.0476 e. The molecule has 12 heavy (non-hydrogen) atoms. The normalized spacial score (nSPS) is 8.75. The lowest BCUT2D eigenvalue weighted by molar-refractivity contribution is 1.27. The van der Waals surface area contributed by atoms with E-state index in [0.717, 1.165) is 0 Å². The summed E-state index contributed by atoms with van der Waals surface area (Å²) >= 11 is 5.68. The molecule has 0 radical (unpaired) electrons. The molecule has 0 N–H and O–H groups in total. The Hall–Kier alpha value is -0.490. The van der Waals surface area contributed by atoms with Crippen LogP contribution in [0, 0.1) is 13.8 Å². The Bertz CT molecular complexity index is 228. The van der Waals surface area contributed by atoms with Crippen LogP contribution in [0.4, 0.5) is 0 Å². The predicted octanol–water partition coefficient (Wildman–Crippen LogP) is 4.07. The first-order chi connectivity index (χ1) is 5.74. The predicted molar refractivity (Wildman–Crippen MR) is 56.8 cm³/mol. The van der Waals surface area contributed by atoms with Gasteiger partial charge in [-0.1, -0.05) is 37.6 Å². The van der Waals surface area contributed by atoms with Crippen LogP contribution < -0.4 is 0 Å². The van der Waals surface area contributed by atoms with Gasteiger partial charge in [-0.05, 0) is 25.0 Å². The van der Waals surface area contributed by atoms with Crippen molar-refractivity contribution in [3.8, 4) is 0 Å². The van der Waals surface area contributed by atoms with Gasteiger partial charge >= 0.3 is 0 Å². The van der Waals surface area contributed by atoms with Gasteiger partial charge in [0.2, 0.25) is 0 Å². The average molecular weight is 185 g/mol. The van der Waals surface area contributed by atoms with Gasteiger partial charge in [-0.2, -0.15) is 0 Å². The van der Waals surface area contributed by atoms with E-state index in [-0.39, 0.29) is 0 Å². The van der Waals surface area contributed by atoms with Crippen LogP contribution in [0.1, 0.15) is 30.5 Å². The van der Waals surface area contributed by atoms with Crippen LogP contribution >= 0.6 is 11.6 Å². The van der Waals surface area contributed by atoms with Crippen molar-refractivity contribution >= 4 is 11.6 Å². The molecule has 0 nitrogen and oxygen atoms in total. The van der Waals surface area contributed by atoms with Gasteiger partial charge in [0.25, 0.3) is 0 Å². The lowest BCUT2D eigenvalue weighted by Crippen LogP contribution is -1.84. The second-order valence-corrected chi connectivity index (χ2v) is 2.83. The molecule has 68 valence electrons. The molecule has 1 heteroatoms. The summed E-state index contributed by atoms with van der Waals surface area (Å²) in [4.78, 5) is 0. The second kappa shape index (κ2) is 6.07. The van der Waals surface area contributed by atoms with E-state index in [9.17, 15) is 0 Å². The molecule has 0 amide bonds. The summed E-state index contributed by atoms with van der Waals surface area (Å²) in [6.45, 7) is 8.18. The highest BCUT2D eigenvalue weighted by molar-refractivity contribution is 6.17. The first-order valence-corrected chi connectivity index (χ1v) is 4.89. The molecule has 0 atom stereocenters. The van der Waals surface area contributed by atoms with E-state index in [2.05, 4.69) is 32.0 Å². The van der Waals surface area contributed by atoms with E-state index >= 15 is 0 Å². The summed E-state index contributed by atoms with van der Waals surface area (Å²) in [6.07, 6.45) is 0. The van der Waals surface area contributed by atoms with Gasteiger partial charge in [-0.25, -0.2) is 0 Å². The number of benzene rings is 1. The van der Waals surface area contributed by atoms with Crippen molar-refractivity contribution in [3.63, 3.8) is 0 Å². The maximum absolute atomic E-state index is 5.68. The molecule has 0 saturated heterocycles. The number of hydrogen-bond acceptors (Lipinski definition) is 0. The molecule has 0 fully saturated rings. The van der Waals surface area contributed by atoms with Gasteiger partial charge in [0.15, 0.2) is 0 Å². The fourth-order valence-electron chi connectivity index (χ4n) is 0.996. The zero-order valence-corrected chi connectivity index (χ0v) is 9.07. The van der Waals surface area contributed by atoms with Crippen molar-refractivity contribution in [2.75, 3.05) is 0 Å². The Labute approximate surface area is 80.6 Å². The molecule has 0 bridgehead atoms. The molecule has 0 heterocycles. The van der Waals surface area contributed by atoms with Crippen LogP contribution in [0.3, 0.4) is 0 Å². The van der Waals surface area contributed by atoms with Crippen molar-refractivity contribution in [2.45, 2.75) is 33.6 Å². The highest BCUT2D eigenvalue weighted by Crippen LogP contribution is 2.11. The van der Waals surface area contributed by atoms with E-state index < -0.39 is 0 Å². The topological polar surface area (TPSA) is 0 Å². The summed E-state index contributed by atoms with van der Waals surface area (Å²) in [7, 11) is 0. The molecule has 1 aromatic carbocycles. The molecule has 0 aliphatic carbocycles. The summed E-state index contributed by atoms with van der Waals surface area (Å²) in [6, 6.07) is 6.32. The lowest BCUT2D eigenvalue weighted by Gasteiger charge is -2.01. The number of hydrogen-bond donors (Lipinski definition) is 0. The number of aryl methyl sites for hydroxylation is 2. The minimum Gasteiger partial charge on any atom is -0.122 e. The third-order valence-electron chi connectivity index (χ3n) is 1.64. The van der Waals surface area contributed by atoms with Crippen LogP contribution in [0.5, 0.6) is 0 Å². The standard InChI is InChI=1S/C9H11Cl.C2H6/c1-7-3-4-9(6-10)8(2)5-7;1-2/h3-5H,6H2,1-2H3;1-2H3. The monoisotopic (exact) mass is 184 g/mol. The first-order valence-electron chi connectivity index (χ1n) is 4.36. The van der Waals surface area contributed by atoms with Crippen LogP contribution in [-0.2, 0) is 5.88 Å². The highest BCUT2D eigenvalue weighted by atomic mass is 35.5. The first kappa shape index (κ1) is 11.5. The number of rotatable bonds is 1. The van der Waals surface area contributed by atoms with Crippen molar-refractivity contribution in [3.05, 3.63) is 34.9 Å². The Morgan fingerprint density at radius 2 is 1.75 bits per heavy atom. The summed E-state index contributed by atoms with van der Waals surface area (Å²) < 4.78 is 0. The number of alkyl halides is 1. The highest BCUT2D eigenvalue weighted by Gasteiger charge is 1.94. The van der Waals surface area contributed by atoms with E-state index in [0.29, 0.717) is 5.88 Å². The lowest BCUT2D eigenvalue weighted by atomic mass is 10.1. The number of halogens is 1. The van der Waals surface area contributed by atoms with Crippen molar-refractivity contribution in [1.82, 2.24) is 0 Å². The molecule has 1 aromatic rings. The van der Waals surface area contributed by atoms with E-state index in [1.165, 1.54) is 16.7 Å². The maximum atomic E-state index is 5.68. The van der Waals surface area contributed by atoms with E-state index in [1.54, 1.807) is 0 Å². The van der Waals surface area contributed by atoms with Gasteiger partial charge in [0.1, 0.15) is 0 Å². The molecule has 0 aliphatic heterocycles. The van der Waals surface area contributed by atoms with Crippen molar-refractivity contribution in [2.24, 2.45) is 0 Å². The Morgan fingerprint density at radius 3 is 2.17 bits per heavy atom. The average Bonchev–Trinajstić information content (AvgIpc) is 2.08. The van der Waals surface area contributed by atoms with Crippen LogP contribution in [0.15, 0.2) is 18.2 Å². The molecule has 0 aromatic heterocycles. The van der Waals surface area contributed by atoms with Gasteiger partial charge in [-0.15, -0.1) is 11.6 Å². The fourth-order valence-corrected chi connectivity index (χ4v) is 1.30. The Morgan fingerprint density at radius 1 is 1.17 bits per heavy atom. The third kappa shape index (κ3) is 3.27. The van der Waals surface area contributed by atoms with Gasteiger partial charge in [-0.3, -0.25) is 0 Å². The quantitative estimate of drug-likeness (QED) is 0.578. The molecular weight excluding hydrogens is 168 g/mol. The third-order valence-corrected chi connectivity index (χ3v) is 1.93. The summed E-state index contributed by atoms with van der Waals surface area (Å²) in [5.41, 5.74) is 3.81. The Balaban J connectivity index is 0.000000561. The van der Waals surface area contributed by atoms with E-state index in [4.69, 9.17) is 11.6 Å². The van der Waals surface area contributed by atoms with Crippen LogP contribution in [0.25, 0.3) is 0 Å². The molecule has 0 aliphatic rings. The second-order valence-electron chi connectivity index (χ2n) is 2.56. The fraction of sp³-hybridized carbons (Fsp3) is 0.455. The van der Waals surface area contributed by atoms with Crippen molar-refractivity contribution < 1.29 is 0 Å². The smallest absolute Gasteiger partial charge is 0.0476 e. The summed E-state index contributed by atoms with van der Waals surface area (Å²) in [5, 5.41) is 0.